The van der Waals surface area contributed by atoms with Gasteiger partial charge in [-0.15, -0.1) is 0 Å². The molecule has 3 N–H and O–H groups in total. The van der Waals surface area contributed by atoms with Crippen LogP contribution in [-0.4, -0.2) is 34.2 Å². The van der Waals surface area contributed by atoms with Gasteiger partial charge in [-0.25, -0.2) is 9.97 Å². The Morgan fingerprint density at radius 1 is 1.18 bits per heavy atom. The molecule has 144 valence electrons. The average molecular weight is 446 g/mol. The highest BCUT2D eigenvalue weighted by Gasteiger charge is 2.15. The van der Waals surface area contributed by atoms with Gasteiger partial charge in [-0.1, -0.05) is 24.3 Å². The van der Waals surface area contributed by atoms with Crippen molar-refractivity contribution in [2.45, 2.75) is 26.1 Å². The predicted octanol–water partition coefficient (Wildman–Crippen LogP) is 2.29. The maximum Gasteiger partial charge on any atom is 0.312 e. The molecule has 28 heavy (non-hydrogen) atoms. The summed E-state index contributed by atoms with van der Waals surface area (Å²) in [5, 5.41) is 9.10. The Morgan fingerprint density at radius 2 is 2.00 bits per heavy atom. The first-order valence-electron chi connectivity index (χ1n) is 8.57. The van der Waals surface area contributed by atoms with E-state index < -0.39 is 6.08 Å². The number of rotatable bonds is 6. The SMILES string of the molecule is Nc1nc(F)nc2c1nc(Br)n2Cc1cccc(CCn2cnc(CO)c2)c1. The third-order valence-corrected chi connectivity index (χ3v) is 4.99. The summed E-state index contributed by atoms with van der Waals surface area (Å²) in [4.78, 5) is 15.8. The normalized spacial score (nSPS) is 11.4. The minimum atomic E-state index is -0.880. The third-order valence-electron chi connectivity index (χ3n) is 4.39. The fourth-order valence-electron chi connectivity index (χ4n) is 3.04. The van der Waals surface area contributed by atoms with Crippen molar-refractivity contribution in [3.63, 3.8) is 0 Å². The van der Waals surface area contributed by atoms with Crippen molar-refractivity contribution in [1.29, 1.82) is 0 Å². The zero-order chi connectivity index (χ0) is 19.7. The van der Waals surface area contributed by atoms with E-state index in [0.717, 1.165) is 24.1 Å². The lowest BCUT2D eigenvalue weighted by molar-refractivity contribution is 0.277. The standard InChI is InChI=1S/C18H17BrFN7O/c19-17-23-14-15(21)24-18(20)25-16(14)27(17)7-12-3-1-2-11(6-12)4-5-26-8-13(9-28)22-10-26/h1-3,6,8,10,28H,4-5,7,9H2,(H2,21,24,25). The van der Waals surface area contributed by atoms with Gasteiger partial charge in [0.15, 0.2) is 21.7 Å². The van der Waals surface area contributed by atoms with Crippen LogP contribution in [0.5, 0.6) is 0 Å². The number of hydrogen-bond acceptors (Lipinski definition) is 6. The van der Waals surface area contributed by atoms with Crippen LogP contribution in [0.25, 0.3) is 11.2 Å². The summed E-state index contributed by atoms with van der Waals surface area (Å²) < 4.78 is 17.8. The van der Waals surface area contributed by atoms with Gasteiger partial charge in [0.05, 0.1) is 25.2 Å². The quantitative estimate of drug-likeness (QED) is 0.348. The summed E-state index contributed by atoms with van der Waals surface area (Å²) in [5.41, 5.74) is 9.29. The van der Waals surface area contributed by atoms with E-state index in [9.17, 15) is 4.39 Å². The zero-order valence-electron chi connectivity index (χ0n) is 14.8. The van der Waals surface area contributed by atoms with Gasteiger partial charge in [0.1, 0.15) is 0 Å². The smallest absolute Gasteiger partial charge is 0.312 e. The molecule has 0 aliphatic carbocycles. The molecule has 8 nitrogen and oxygen atoms in total. The van der Waals surface area contributed by atoms with Crippen molar-refractivity contribution in [3.8, 4) is 0 Å². The largest absolute Gasteiger partial charge is 0.390 e. The molecule has 0 aliphatic heterocycles. The first kappa shape index (κ1) is 18.5. The molecule has 3 aromatic heterocycles. The number of imidazole rings is 2. The van der Waals surface area contributed by atoms with Crippen LogP contribution in [0, 0.1) is 6.08 Å². The highest BCUT2D eigenvalue weighted by molar-refractivity contribution is 9.10. The molecule has 0 bridgehead atoms. The highest BCUT2D eigenvalue weighted by Crippen LogP contribution is 2.23. The number of anilines is 1. The van der Waals surface area contributed by atoms with Gasteiger partial charge in [-0.3, -0.25) is 4.57 Å². The molecule has 0 aliphatic rings. The number of aromatic nitrogens is 6. The molecule has 4 rings (SSSR count). The van der Waals surface area contributed by atoms with Crippen molar-refractivity contribution < 1.29 is 9.50 Å². The van der Waals surface area contributed by atoms with Gasteiger partial charge in [0.25, 0.3) is 0 Å². The molecule has 1 aromatic carbocycles. The molecule has 0 fully saturated rings. The van der Waals surface area contributed by atoms with Crippen LogP contribution in [0.2, 0.25) is 0 Å². The van der Waals surface area contributed by atoms with Crippen LogP contribution in [0.3, 0.4) is 0 Å². The summed E-state index contributed by atoms with van der Waals surface area (Å²) >= 11 is 3.39. The maximum absolute atomic E-state index is 13.6. The summed E-state index contributed by atoms with van der Waals surface area (Å²) in [7, 11) is 0. The van der Waals surface area contributed by atoms with Crippen LogP contribution < -0.4 is 5.73 Å². The molecule has 4 aromatic rings. The Labute approximate surface area is 168 Å². The van der Waals surface area contributed by atoms with E-state index in [1.54, 1.807) is 10.9 Å². The van der Waals surface area contributed by atoms with Crippen LogP contribution in [0.4, 0.5) is 10.2 Å². The number of halogens is 2. The highest BCUT2D eigenvalue weighted by atomic mass is 79.9. The number of hydrogen-bond donors (Lipinski definition) is 2. The number of fused-ring (bicyclic) bond motifs is 1. The molecule has 0 amide bonds. The average Bonchev–Trinajstić information content (AvgIpc) is 3.26. The predicted molar refractivity (Wildman–Crippen MR) is 105 cm³/mol. The lowest BCUT2D eigenvalue weighted by Crippen LogP contribution is -2.05. The summed E-state index contributed by atoms with van der Waals surface area (Å²) in [6.45, 7) is 1.15. The number of aliphatic hydroxyl groups excluding tert-OH is 1. The van der Waals surface area contributed by atoms with Gasteiger partial charge in [-0.05, 0) is 33.5 Å². The van der Waals surface area contributed by atoms with Gasteiger partial charge in [-0.2, -0.15) is 14.4 Å². The third kappa shape index (κ3) is 3.73. The van der Waals surface area contributed by atoms with Gasteiger partial charge < -0.3 is 15.4 Å². The Kier molecular flexibility index (Phi) is 5.05. The Hall–Kier alpha value is -2.85. The Balaban J connectivity index is 1.55. The second kappa shape index (κ2) is 7.64. The zero-order valence-corrected chi connectivity index (χ0v) is 16.3. The van der Waals surface area contributed by atoms with E-state index in [1.807, 2.05) is 29.0 Å². The number of aliphatic hydroxyl groups is 1. The van der Waals surface area contributed by atoms with E-state index in [-0.39, 0.29) is 12.4 Å². The van der Waals surface area contributed by atoms with Crippen LogP contribution in [-0.2, 0) is 26.1 Å². The van der Waals surface area contributed by atoms with Crippen molar-refractivity contribution in [3.05, 3.63) is 64.4 Å². The topological polar surface area (TPSA) is 108 Å². The first-order chi connectivity index (χ1) is 13.5. The Bertz CT molecular complexity index is 1140. The molecule has 0 saturated heterocycles. The molecule has 0 atom stereocenters. The number of nitrogen functional groups attached to an aromatic ring is 1. The molecule has 0 saturated carbocycles. The molecular formula is C18H17BrFN7O. The fraction of sp³-hybridized carbons (Fsp3) is 0.222. The number of nitrogens with two attached hydrogens (primary N) is 1. The minimum absolute atomic E-state index is 0.0123. The van der Waals surface area contributed by atoms with Crippen molar-refractivity contribution >= 4 is 32.9 Å². The number of nitrogens with zero attached hydrogens (tertiary/aromatic N) is 6. The van der Waals surface area contributed by atoms with Crippen molar-refractivity contribution in [2.75, 3.05) is 5.73 Å². The van der Waals surface area contributed by atoms with Crippen LogP contribution in [0.15, 0.2) is 41.5 Å². The second-order valence-corrected chi connectivity index (χ2v) is 7.06. The molecule has 10 heteroatoms. The lowest BCUT2D eigenvalue weighted by Gasteiger charge is -2.09. The van der Waals surface area contributed by atoms with Gasteiger partial charge in [0.2, 0.25) is 0 Å². The van der Waals surface area contributed by atoms with Crippen LogP contribution in [0.1, 0.15) is 16.8 Å². The van der Waals surface area contributed by atoms with Crippen LogP contribution >= 0.6 is 15.9 Å². The monoisotopic (exact) mass is 445 g/mol. The van der Waals surface area contributed by atoms with E-state index in [1.165, 1.54) is 0 Å². The minimum Gasteiger partial charge on any atom is -0.390 e. The summed E-state index contributed by atoms with van der Waals surface area (Å²) in [5.74, 6) is 0.0123. The van der Waals surface area contributed by atoms with Gasteiger partial charge in [0, 0.05) is 12.7 Å². The van der Waals surface area contributed by atoms with Crippen molar-refractivity contribution in [1.82, 2.24) is 29.1 Å². The summed E-state index contributed by atoms with van der Waals surface area (Å²) in [6.07, 6.45) is 3.47. The van der Waals surface area contributed by atoms with Crippen molar-refractivity contribution in [2.24, 2.45) is 0 Å². The molecule has 0 spiro atoms. The molecular weight excluding hydrogens is 429 g/mol. The number of aryl methyl sites for hydroxylation is 2. The van der Waals surface area contributed by atoms with Gasteiger partial charge >= 0.3 is 6.08 Å². The molecule has 0 radical (unpaired) electrons. The molecule has 3 heterocycles. The summed E-state index contributed by atoms with van der Waals surface area (Å²) in [6, 6.07) is 8.11. The second-order valence-electron chi connectivity index (χ2n) is 6.35. The first-order valence-corrected chi connectivity index (χ1v) is 9.37. The lowest BCUT2D eigenvalue weighted by atomic mass is 10.1. The van der Waals surface area contributed by atoms with E-state index in [2.05, 4.69) is 41.9 Å². The maximum atomic E-state index is 13.6. The number of benzene rings is 1. The van der Waals surface area contributed by atoms with E-state index in [4.69, 9.17) is 10.8 Å². The Morgan fingerprint density at radius 3 is 2.79 bits per heavy atom. The van der Waals surface area contributed by atoms with E-state index in [0.29, 0.717) is 28.1 Å². The molecule has 0 unspecified atom stereocenters. The van der Waals surface area contributed by atoms with E-state index >= 15 is 0 Å². The fourth-order valence-corrected chi connectivity index (χ4v) is 3.51.